The lowest BCUT2D eigenvalue weighted by molar-refractivity contribution is 0.00578. The van der Waals surface area contributed by atoms with E-state index in [0.29, 0.717) is 0 Å². The number of carbonyl (C=O) groups is 1. The lowest BCUT2D eigenvalue weighted by Gasteiger charge is -2.32. The fourth-order valence-corrected chi connectivity index (χ4v) is 3.86. The minimum absolute atomic E-state index is 0.247. The summed E-state index contributed by atoms with van der Waals surface area (Å²) >= 11 is 0. The van der Waals surface area contributed by atoms with Crippen molar-refractivity contribution >= 4 is 41.1 Å². The summed E-state index contributed by atoms with van der Waals surface area (Å²) in [4.78, 5) is 15.8. The van der Waals surface area contributed by atoms with Crippen LogP contribution in [0.5, 0.6) is 0 Å². The molecule has 1 aliphatic rings. The summed E-state index contributed by atoms with van der Waals surface area (Å²) in [6.45, 7) is 13.8. The maximum absolute atomic E-state index is 12.3. The second-order valence-electron chi connectivity index (χ2n) is 10.6. The van der Waals surface area contributed by atoms with E-state index >= 15 is 0 Å². The number of amides is 1. The van der Waals surface area contributed by atoms with Gasteiger partial charge in [-0.2, -0.15) is 0 Å². The van der Waals surface area contributed by atoms with Gasteiger partial charge >= 0.3 is 13.2 Å². The monoisotopic (exact) mass is 448 g/mol. The smallest absolute Gasteiger partial charge is 0.444 e. The molecule has 1 aromatic heterocycles. The van der Waals surface area contributed by atoms with Crippen molar-refractivity contribution in [2.75, 3.05) is 6.54 Å². The molecule has 6 nitrogen and oxygen atoms in total. The fourth-order valence-electron chi connectivity index (χ4n) is 3.86. The zero-order valence-corrected chi connectivity index (χ0v) is 20.5. The number of nitrogens with one attached hydrogen (secondary N) is 2. The van der Waals surface area contributed by atoms with E-state index in [9.17, 15) is 4.79 Å². The number of fused-ring (bicyclic) bond motifs is 3. The van der Waals surface area contributed by atoms with E-state index in [2.05, 4.69) is 40.6 Å². The van der Waals surface area contributed by atoms with Gasteiger partial charge in [0, 0.05) is 28.4 Å². The van der Waals surface area contributed by atoms with Crippen molar-refractivity contribution in [3.63, 3.8) is 0 Å². The second kappa shape index (κ2) is 8.22. The third-order valence-electron chi connectivity index (χ3n) is 6.27. The zero-order chi connectivity index (χ0) is 24.0. The van der Waals surface area contributed by atoms with Crippen molar-refractivity contribution in [2.24, 2.45) is 0 Å². The van der Waals surface area contributed by atoms with Gasteiger partial charge in [-0.25, -0.2) is 4.79 Å². The van der Waals surface area contributed by atoms with Crippen molar-refractivity contribution in [1.82, 2.24) is 10.3 Å². The van der Waals surface area contributed by atoms with Crippen LogP contribution in [0.1, 0.15) is 54.0 Å². The van der Waals surface area contributed by atoms with Crippen molar-refractivity contribution in [2.45, 2.75) is 65.3 Å². The van der Waals surface area contributed by atoms with Gasteiger partial charge in [0.05, 0.1) is 11.2 Å². The van der Waals surface area contributed by atoms with Crippen LogP contribution < -0.4 is 5.32 Å². The van der Waals surface area contributed by atoms with Crippen LogP contribution in [0.2, 0.25) is 0 Å². The summed E-state index contributed by atoms with van der Waals surface area (Å²) in [5.74, 6) is 0. The number of rotatable bonds is 4. The number of benzene rings is 2. The zero-order valence-electron chi connectivity index (χ0n) is 20.5. The molecule has 1 amide bonds. The minimum Gasteiger partial charge on any atom is -0.444 e. The van der Waals surface area contributed by atoms with Crippen LogP contribution in [0, 0.1) is 0 Å². The molecule has 0 atom stereocenters. The number of aromatic amines is 1. The predicted octanol–water partition coefficient (Wildman–Crippen LogP) is 5.86. The third kappa shape index (κ3) is 4.94. The highest BCUT2D eigenvalue weighted by molar-refractivity contribution is 6.56. The fraction of sp³-hybridized carbons (Fsp3) is 0.423. The van der Waals surface area contributed by atoms with Gasteiger partial charge in [-0.05, 0) is 71.6 Å². The summed E-state index contributed by atoms with van der Waals surface area (Å²) in [6, 6.07) is 14.5. The molecule has 2 aromatic carbocycles. The minimum atomic E-state index is -0.580. The van der Waals surface area contributed by atoms with Gasteiger partial charge in [0.15, 0.2) is 0 Å². The highest BCUT2D eigenvalue weighted by Crippen LogP contribution is 2.39. The Balaban J connectivity index is 1.66. The van der Waals surface area contributed by atoms with Gasteiger partial charge in [-0.15, -0.1) is 0 Å². The van der Waals surface area contributed by atoms with Gasteiger partial charge in [0.1, 0.15) is 5.60 Å². The molecule has 1 aliphatic heterocycles. The topological polar surface area (TPSA) is 72.6 Å². The average Bonchev–Trinajstić information content (AvgIpc) is 3.16. The second-order valence-corrected chi connectivity index (χ2v) is 10.6. The summed E-state index contributed by atoms with van der Waals surface area (Å²) in [7, 11) is -0.580. The van der Waals surface area contributed by atoms with Crippen LogP contribution in [-0.4, -0.2) is 41.5 Å². The van der Waals surface area contributed by atoms with Crippen molar-refractivity contribution in [3.8, 4) is 0 Å². The van der Waals surface area contributed by atoms with Crippen LogP contribution in [-0.2, 0) is 14.0 Å². The van der Waals surface area contributed by atoms with Crippen LogP contribution in [0.15, 0.2) is 47.9 Å². The van der Waals surface area contributed by atoms with Gasteiger partial charge in [-0.3, -0.25) is 0 Å². The summed E-state index contributed by atoms with van der Waals surface area (Å²) in [6.07, 6.45) is 1.54. The molecule has 0 aliphatic carbocycles. The number of hydrogen-bond donors (Lipinski definition) is 2. The molecule has 0 bridgehead atoms. The molecule has 1 saturated heterocycles. The first-order valence-corrected chi connectivity index (χ1v) is 11.4. The Labute approximate surface area is 195 Å². The molecule has 2 N–H and O–H groups in total. The Bertz CT molecular complexity index is 1200. The molecule has 0 saturated carbocycles. The first-order chi connectivity index (χ1) is 15.3. The molecule has 0 radical (unpaired) electrons. The lowest BCUT2D eigenvalue weighted by atomic mass is 9.77. The molecule has 174 valence electrons. The summed E-state index contributed by atoms with van der Waals surface area (Å²) < 4.78 is 18.0. The van der Waals surface area contributed by atoms with Gasteiger partial charge in [-0.1, -0.05) is 36.4 Å². The Morgan fingerprint density at radius 1 is 1.03 bits per heavy atom. The number of aromatic nitrogens is 1. The van der Waals surface area contributed by atoms with E-state index in [1.54, 1.807) is 0 Å². The highest BCUT2D eigenvalue weighted by atomic mass is 16.7. The van der Waals surface area contributed by atoms with Gasteiger partial charge in [0.2, 0.25) is 0 Å². The number of carbonyl (C=O) groups excluding carboxylic acids is 1. The quantitative estimate of drug-likeness (QED) is 0.491. The van der Waals surface area contributed by atoms with E-state index < -0.39 is 30.0 Å². The standard InChI is InChI=1S/C26H33BN2O4/c1-24(2,3)31-23(30)28-16-18(27-32-25(4,5)26(6,7)33-27)14-17-12-13-20-19-10-8-9-11-21(19)29-22(20)15-17/h8-15,29H,16H2,1-7H3,(H,28,30). The van der Waals surface area contributed by atoms with Crippen molar-refractivity contribution in [3.05, 3.63) is 53.5 Å². The molecule has 0 unspecified atom stereocenters. The molecule has 3 aromatic rings. The SMILES string of the molecule is CC(C)(C)OC(=O)NCC(=Cc1ccc2c(c1)[nH]c1ccccc12)B1OC(C)(C)C(C)(C)O1. The first kappa shape index (κ1) is 23.4. The summed E-state index contributed by atoms with van der Waals surface area (Å²) in [5, 5.41) is 5.22. The molecule has 2 heterocycles. The molecule has 7 heteroatoms. The van der Waals surface area contributed by atoms with Crippen molar-refractivity contribution < 1.29 is 18.8 Å². The van der Waals surface area contributed by atoms with Gasteiger partial charge < -0.3 is 24.3 Å². The number of ether oxygens (including phenoxy) is 1. The first-order valence-electron chi connectivity index (χ1n) is 11.4. The van der Waals surface area contributed by atoms with Crippen LogP contribution in [0.25, 0.3) is 27.9 Å². The number of alkyl carbamates (subject to hydrolysis) is 1. The van der Waals surface area contributed by atoms with Crippen molar-refractivity contribution in [1.29, 1.82) is 0 Å². The molecular weight excluding hydrogens is 415 g/mol. The largest absolute Gasteiger partial charge is 0.492 e. The van der Waals surface area contributed by atoms with E-state index in [0.717, 1.165) is 22.1 Å². The Hall–Kier alpha value is -2.77. The Morgan fingerprint density at radius 2 is 1.67 bits per heavy atom. The van der Waals surface area contributed by atoms with E-state index in [-0.39, 0.29) is 6.54 Å². The lowest BCUT2D eigenvalue weighted by Crippen LogP contribution is -2.41. The highest BCUT2D eigenvalue weighted by Gasteiger charge is 2.52. The number of para-hydroxylation sites is 1. The van der Waals surface area contributed by atoms with Crippen LogP contribution >= 0.6 is 0 Å². The maximum Gasteiger partial charge on any atom is 0.492 e. The van der Waals surface area contributed by atoms with Crippen LogP contribution in [0.3, 0.4) is 0 Å². The molecule has 33 heavy (non-hydrogen) atoms. The average molecular weight is 448 g/mol. The molecular formula is C26H33BN2O4. The number of hydrogen-bond acceptors (Lipinski definition) is 4. The van der Waals surface area contributed by atoms with E-state index in [1.165, 1.54) is 10.8 Å². The van der Waals surface area contributed by atoms with E-state index in [1.807, 2.05) is 66.7 Å². The van der Waals surface area contributed by atoms with Gasteiger partial charge in [0.25, 0.3) is 0 Å². The predicted molar refractivity (Wildman–Crippen MR) is 134 cm³/mol. The molecule has 0 spiro atoms. The Kier molecular flexibility index (Phi) is 5.83. The summed E-state index contributed by atoms with van der Waals surface area (Å²) in [5.41, 5.74) is 2.43. The molecule has 1 fully saturated rings. The normalized spacial score (nSPS) is 18.2. The molecule has 4 rings (SSSR count). The van der Waals surface area contributed by atoms with E-state index in [4.69, 9.17) is 14.0 Å². The third-order valence-corrected chi connectivity index (χ3v) is 6.27. The Morgan fingerprint density at radius 3 is 2.33 bits per heavy atom. The maximum atomic E-state index is 12.3. The van der Waals surface area contributed by atoms with Crippen LogP contribution in [0.4, 0.5) is 4.79 Å². The number of H-pyrrole nitrogens is 1.